The van der Waals surface area contributed by atoms with Crippen LogP contribution in [0.15, 0.2) is 47.1 Å². The van der Waals surface area contributed by atoms with E-state index in [2.05, 4.69) is 20.5 Å². The highest BCUT2D eigenvalue weighted by atomic mass is 35.5. The van der Waals surface area contributed by atoms with Crippen molar-refractivity contribution in [2.24, 2.45) is 5.92 Å². The third-order valence-electron chi connectivity index (χ3n) is 6.10. The summed E-state index contributed by atoms with van der Waals surface area (Å²) in [6.45, 7) is 2.75. The molecule has 1 fully saturated rings. The lowest BCUT2D eigenvalue weighted by Gasteiger charge is -2.40. The highest BCUT2D eigenvalue weighted by Crippen LogP contribution is 2.30. The maximum absolute atomic E-state index is 14.9. The Morgan fingerprint density at radius 2 is 1.97 bits per heavy atom. The van der Waals surface area contributed by atoms with Crippen LogP contribution in [0.3, 0.4) is 0 Å². The van der Waals surface area contributed by atoms with Gasteiger partial charge in [0, 0.05) is 24.2 Å². The molecule has 0 radical (unpaired) electrons. The molecule has 176 valence electrons. The van der Waals surface area contributed by atoms with Crippen LogP contribution in [-0.4, -0.2) is 49.9 Å². The Labute approximate surface area is 198 Å². The van der Waals surface area contributed by atoms with Crippen molar-refractivity contribution < 1.29 is 18.0 Å². The summed E-state index contributed by atoms with van der Waals surface area (Å²) in [7, 11) is 0. The molecule has 1 N–H and O–H groups in total. The summed E-state index contributed by atoms with van der Waals surface area (Å²) in [6.07, 6.45) is 4.30. The van der Waals surface area contributed by atoms with Crippen LogP contribution in [0.25, 0.3) is 16.8 Å². The molecular formula is C23H21ClF2N6O2. The molecule has 0 spiro atoms. The second kappa shape index (κ2) is 9.02. The first kappa shape index (κ1) is 22.3. The Kier molecular flexibility index (Phi) is 5.91. The van der Waals surface area contributed by atoms with Crippen molar-refractivity contribution in [3.63, 3.8) is 0 Å². The summed E-state index contributed by atoms with van der Waals surface area (Å²) in [5.41, 5.74) is 0.482. The monoisotopic (exact) mass is 486 g/mol. The van der Waals surface area contributed by atoms with Gasteiger partial charge in [-0.2, -0.15) is 15.2 Å². The molecule has 11 heteroatoms. The second-order valence-corrected chi connectivity index (χ2v) is 8.71. The van der Waals surface area contributed by atoms with Crippen LogP contribution < -0.4 is 5.32 Å². The number of carbonyl (C=O) groups excluding carboxylic acids is 1. The first-order chi connectivity index (χ1) is 16.4. The van der Waals surface area contributed by atoms with Crippen LogP contribution in [0.4, 0.5) is 14.8 Å². The fourth-order valence-corrected chi connectivity index (χ4v) is 4.56. The summed E-state index contributed by atoms with van der Waals surface area (Å²) < 4.78 is 35.4. The quantitative estimate of drug-likeness (QED) is 0.440. The van der Waals surface area contributed by atoms with E-state index in [0.717, 1.165) is 29.8 Å². The average molecular weight is 487 g/mol. The molecule has 1 saturated heterocycles. The summed E-state index contributed by atoms with van der Waals surface area (Å²) in [5.74, 6) is -2.13. The minimum absolute atomic E-state index is 0.104. The number of fused-ring (bicyclic) bond motifs is 1. The van der Waals surface area contributed by atoms with Crippen LogP contribution in [0.2, 0.25) is 5.02 Å². The highest BCUT2D eigenvalue weighted by molar-refractivity contribution is 6.31. The number of benzene rings is 2. The molecule has 1 amide bonds. The Balaban J connectivity index is 1.44. The van der Waals surface area contributed by atoms with E-state index in [-0.39, 0.29) is 17.6 Å². The molecule has 0 bridgehead atoms. The van der Waals surface area contributed by atoms with Gasteiger partial charge in [0.1, 0.15) is 22.6 Å². The van der Waals surface area contributed by atoms with Crippen molar-refractivity contribution in [3.8, 4) is 5.69 Å². The van der Waals surface area contributed by atoms with E-state index in [4.69, 9.17) is 16.0 Å². The molecule has 1 aliphatic heterocycles. The van der Waals surface area contributed by atoms with Crippen molar-refractivity contribution in [3.05, 3.63) is 64.9 Å². The number of hydrogen-bond acceptors (Lipinski definition) is 6. The standard InChI is InChI=1S/C23H21ClF2N6O2/c1-13-3-2-10-31(18(13)12-27-23-30-17-7-4-14(24)11-19(17)34-23)22(33)20-15(25)5-6-16(26)21(20)32-28-8-9-29-32/h4-9,11,13,18H,2-3,10,12H2,1H3,(H,27,30)/t13-,18-/m1/s1. The molecule has 0 saturated carbocycles. The Hall–Kier alpha value is -3.53. The van der Waals surface area contributed by atoms with E-state index in [1.807, 2.05) is 6.92 Å². The largest absolute Gasteiger partial charge is 0.424 e. The van der Waals surface area contributed by atoms with Gasteiger partial charge < -0.3 is 14.6 Å². The van der Waals surface area contributed by atoms with E-state index < -0.39 is 23.1 Å². The first-order valence-electron chi connectivity index (χ1n) is 10.9. The number of nitrogens with one attached hydrogen (secondary N) is 1. The van der Waals surface area contributed by atoms with Crippen LogP contribution >= 0.6 is 11.6 Å². The van der Waals surface area contributed by atoms with Crippen molar-refractivity contribution in [1.29, 1.82) is 0 Å². The lowest BCUT2D eigenvalue weighted by molar-refractivity contribution is 0.0533. The number of halogens is 3. The lowest BCUT2D eigenvalue weighted by Crippen LogP contribution is -2.51. The number of rotatable bonds is 5. The van der Waals surface area contributed by atoms with Gasteiger partial charge in [-0.05, 0) is 43.0 Å². The lowest BCUT2D eigenvalue weighted by atomic mass is 9.90. The van der Waals surface area contributed by atoms with Gasteiger partial charge in [0.05, 0.1) is 18.4 Å². The van der Waals surface area contributed by atoms with Crippen molar-refractivity contribution in [1.82, 2.24) is 24.9 Å². The van der Waals surface area contributed by atoms with Crippen LogP contribution in [0.5, 0.6) is 0 Å². The van der Waals surface area contributed by atoms with Crippen molar-refractivity contribution >= 4 is 34.6 Å². The molecule has 2 atom stereocenters. The molecule has 1 aliphatic rings. The Morgan fingerprint density at radius 3 is 2.76 bits per heavy atom. The molecule has 8 nitrogen and oxygen atoms in total. The topological polar surface area (TPSA) is 89.1 Å². The van der Waals surface area contributed by atoms with E-state index in [1.165, 1.54) is 12.4 Å². The third-order valence-corrected chi connectivity index (χ3v) is 6.33. The Morgan fingerprint density at radius 1 is 1.21 bits per heavy atom. The number of oxazole rings is 1. The SMILES string of the molecule is C[C@@H]1CCCN(C(=O)c2c(F)ccc(F)c2-n2nccn2)[C@@H]1CNc1nc2ccc(Cl)cc2o1. The van der Waals surface area contributed by atoms with Crippen molar-refractivity contribution in [2.45, 2.75) is 25.8 Å². The van der Waals surface area contributed by atoms with Gasteiger partial charge in [-0.15, -0.1) is 4.80 Å². The van der Waals surface area contributed by atoms with Crippen molar-refractivity contribution in [2.75, 3.05) is 18.4 Å². The zero-order valence-electron chi connectivity index (χ0n) is 18.2. The predicted molar refractivity (Wildman–Crippen MR) is 122 cm³/mol. The van der Waals surface area contributed by atoms with E-state index >= 15 is 0 Å². The van der Waals surface area contributed by atoms with E-state index in [9.17, 15) is 13.6 Å². The number of anilines is 1. The number of amides is 1. The fourth-order valence-electron chi connectivity index (χ4n) is 4.39. The van der Waals surface area contributed by atoms with Gasteiger partial charge in [-0.25, -0.2) is 8.78 Å². The summed E-state index contributed by atoms with van der Waals surface area (Å²) in [5, 5.41) is 11.5. The van der Waals surface area contributed by atoms with Gasteiger partial charge in [0.2, 0.25) is 0 Å². The second-order valence-electron chi connectivity index (χ2n) is 8.27. The number of likely N-dealkylation sites (tertiary alicyclic amines) is 1. The minimum Gasteiger partial charge on any atom is -0.424 e. The summed E-state index contributed by atoms with van der Waals surface area (Å²) in [4.78, 5) is 20.5. The molecule has 5 rings (SSSR count). The maximum atomic E-state index is 14.9. The number of piperidine rings is 1. The van der Waals surface area contributed by atoms with Gasteiger partial charge in [-0.1, -0.05) is 18.5 Å². The van der Waals surface area contributed by atoms with Crippen LogP contribution in [-0.2, 0) is 0 Å². The summed E-state index contributed by atoms with van der Waals surface area (Å²) >= 11 is 6.01. The number of hydrogen-bond donors (Lipinski definition) is 1. The zero-order valence-corrected chi connectivity index (χ0v) is 19.0. The molecule has 34 heavy (non-hydrogen) atoms. The molecule has 2 aromatic carbocycles. The number of aromatic nitrogens is 4. The normalized spacial score (nSPS) is 18.4. The fraction of sp³-hybridized carbons (Fsp3) is 0.304. The third kappa shape index (κ3) is 4.09. The van der Waals surface area contributed by atoms with Gasteiger partial charge in [0.15, 0.2) is 11.4 Å². The highest BCUT2D eigenvalue weighted by Gasteiger charge is 2.36. The van der Waals surface area contributed by atoms with Gasteiger partial charge in [0.25, 0.3) is 11.9 Å². The smallest absolute Gasteiger partial charge is 0.295 e. The van der Waals surface area contributed by atoms with E-state index in [1.54, 1.807) is 23.1 Å². The number of carbonyl (C=O) groups is 1. The molecule has 0 unspecified atom stereocenters. The molecule has 0 aliphatic carbocycles. The Bertz CT molecular complexity index is 1340. The summed E-state index contributed by atoms with van der Waals surface area (Å²) in [6, 6.07) is 7.04. The van der Waals surface area contributed by atoms with Gasteiger partial charge >= 0.3 is 0 Å². The average Bonchev–Trinajstić information content (AvgIpc) is 3.48. The molecule has 2 aromatic heterocycles. The van der Waals surface area contributed by atoms with Gasteiger partial charge in [-0.3, -0.25) is 4.79 Å². The van der Waals surface area contributed by atoms with Crippen LogP contribution in [0, 0.1) is 17.6 Å². The predicted octanol–water partition coefficient (Wildman–Crippen LogP) is 4.69. The number of nitrogens with zero attached hydrogens (tertiary/aromatic N) is 5. The van der Waals surface area contributed by atoms with E-state index in [0.29, 0.717) is 35.2 Å². The maximum Gasteiger partial charge on any atom is 0.295 e. The molecule has 4 aromatic rings. The van der Waals surface area contributed by atoms with Crippen LogP contribution in [0.1, 0.15) is 30.1 Å². The molecule has 3 heterocycles. The first-order valence-corrected chi connectivity index (χ1v) is 11.3. The minimum atomic E-state index is -0.834. The zero-order chi connectivity index (χ0) is 23.8. The molecular weight excluding hydrogens is 466 g/mol.